The fourth-order valence-electron chi connectivity index (χ4n) is 3.13. The molecule has 15 heteroatoms. The van der Waals surface area contributed by atoms with Crippen molar-refractivity contribution < 1.29 is 32.4 Å². The molecule has 1 aromatic heterocycles. The van der Waals surface area contributed by atoms with Crippen LogP contribution in [0.2, 0.25) is 11.8 Å². The SMILES string of the molecule is [B]C.[B]C(O)(OP1(=O)OCc2cc(F)ccc2O1)C1CCC(n2cc(Cl)c(=S)[nH]c2=O)O1. The van der Waals surface area contributed by atoms with Gasteiger partial charge in [0.25, 0.3) is 0 Å². The van der Waals surface area contributed by atoms with Gasteiger partial charge in [0.15, 0.2) is 13.5 Å². The highest BCUT2D eigenvalue weighted by molar-refractivity contribution is 7.71. The lowest BCUT2D eigenvalue weighted by Crippen LogP contribution is -2.45. The quantitative estimate of drug-likeness (QED) is 0.285. The van der Waals surface area contributed by atoms with Crippen molar-refractivity contribution in [2.45, 2.75) is 44.3 Å². The minimum atomic E-state index is -4.34. The number of rotatable bonds is 4. The van der Waals surface area contributed by atoms with Gasteiger partial charge in [-0.2, -0.15) is 0 Å². The van der Waals surface area contributed by atoms with Crippen molar-refractivity contribution in [1.82, 2.24) is 9.55 Å². The van der Waals surface area contributed by atoms with E-state index < -0.39 is 37.3 Å². The number of aromatic amines is 1. The van der Waals surface area contributed by atoms with Gasteiger partial charge < -0.3 is 14.4 Å². The second-order valence-corrected chi connectivity index (χ2v) is 9.04. The molecular formula is C17H17B2ClFN2O7PS. The molecule has 1 fully saturated rings. The first-order valence-corrected chi connectivity index (χ1v) is 11.5. The Bertz CT molecular complexity index is 1160. The highest BCUT2D eigenvalue weighted by Crippen LogP contribution is 2.57. The third-order valence-electron chi connectivity index (χ3n) is 4.56. The first kappa shape index (κ1) is 25.2. The zero-order chi connectivity index (χ0) is 23.7. The highest BCUT2D eigenvalue weighted by atomic mass is 35.5. The van der Waals surface area contributed by atoms with Gasteiger partial charge in [-0.05, 0) is 31.0 Å². The van der Waals surface area contributed by atoms with Crippen molar-refractivity contribution >= 4 is 47.3 Å². The molecular weight excluding hydrogens is 483 g/mol. The third kappa shape index (κ3) is 5.36. The van der Waals surface area contributed by atoms with Gasteiger partial charge in [0.05, 0.1) is 19.5 Å². The van der Waals surface area contributed by atoms with Crippen molar-refractivity contribution in [3.63, 3.8) is 0 Å². The van der Waals surface area contributed by atoms with E-state index in [9.17, 15) is 18.9 Å². The van der Waals surface area contributed by atoms with E-state index in [2.05, 4.69) is 12.8 Å². The fraction of sp³-hybridized carbons (Fsp3) is 0.412. The molecule has 4 rings (SSSR count). The number of H-pyrrole nitrogens is 1. The molecule has 2 aliphatic rings. The first-order chi connectivity index (χ1) is 15.1. The van der Waals surface area contributed by atoms with E-state index in [1.807, 2.05) is 0 Å². The van der Waals surface area contributed by atoms with Gasteiger partial charge in [0.2, 0.25) is 0 Å². The number of aliphatic hydroxyl groups is 1. The van der Waals surface area contributed by atoms with E-state index in [-0.39, 0.29) is 34.9 Å². The molecule has 4 radical (unpaired) electrons. The summed E-state index contributed by atoms with van der Waals surface area (Å²) in [4.78, 5) is 14.5. The van der Waals surface area contributed by atoms with Gasteiger partial charge in [0.1, 0.15) is 28.5 Å². The van der Waals surface area contributed by atoms with Crippen molar-refractivity contribution in [3.8, 4) is 5.75 Å². The number of hydrogen-bond donors (Lipinski definition) is 2. The van der Waals surface area contributed by atoms with Crippen LogP contribution in [0.5, 0.6) is 5.75 Å². The van der Waals surface area contributed by atoms with Crippen LogP contribution >= 0.6 is 31.6 Å². The van der Waals surface area contributed by atoms with Crippen molar-refractivity contribution in [1.29, 1.82) is 0 Å². The monoisotopic (exact) mass is 500 g/mol. The van der Waals surface area contributed by atoms with Gasteiger partial charge >= 0.3 is 13.5 Å². The Morgan fingerprint density at radius 2 is 2.16 bits per heavy atom. The minimum Gasteiger partial charge on any atom is -0.404 e. The molecule has 168 valence electrons. The molecule has 4 atom stereocenters. The van der Waals surface area contributed by atoms with Gasteiger partial charge in [0, 0.05) is 11.8 Å². The van der Waals surface area contributed by atoms with Crippen LogP contribution in [-0.4, -0.2) is 42.1 Å². The van der Waals surface area contributed by atoms with Crippen LogP contribution in [0.25, 0.3) is 0 Å². The lowest BCUT2D eigenvalue weighted by Gasteiger charge is -2.34. The second kappa shape index (κ2) is 9.80. The third-order valence-corrected chi connectivity index (χ3v) is 6.66. The summed E-state index contributed by atoms with van der Waals surface area (Å²) in [5, 5.41) is 10.7. The van der Waals surface area contributed by atoms with E-state index in [1.165, 1.54) is 19.1 Å². The van der Waals surface area contributed by atoms with Crippen LogP contribution in [0.15, 0.2) is 29.2 Å². The summed E-state index contributed by atoms with van der Waals surface area (Å²) in [6.45, 7) is 1.23. The Hall–Kier alpha value is -1.46. The van der Waals surface area contributed by atoms with Crippen LogP contribution in [0.3, 0.4) is 0 Å². The number of nitrogens with zero attached hydrogens (tertiary/aromatic N) is 1. The molecule has 2 aliphatic heterocycles. The Balaban J connectivity index is 0.00000141. The summed E-state index contributed by atoms with van der Waals surface area (Å²) in [6.07, 6.45) is -0.285. The number of nitrogens with one attached hydrogen (secondary N) is 1. The van der Waals surface area contributed by atoms with E-state index in [1.54, 1.807) is 0 Å². The first-order valence-electron chi connectivity index (χ1n) is 9.25. The molecule has 3 heterocycles. The molecule has 2 N–H and O–H groups in total. The Morgan fingerprint density at radius 3 is 2.88 bits per heavy atom. The van der Waals surface area contributed by atoms with Crippen molar-refractivity contribution in [3.05, 3.63) is 55.9 Å². The molecule has 0 spiro atoms. The van der Waals surface area contributed by atoms with Gasteiger partial charge in [-0.1, -0.05) is 30.6 Å². The van der Waals surface area contributed by atoms with E-state index >= 15 is 0 Å². The van der Waals surface area contributed by atoms with Gasteiger partial charge in [-0.15, -0.1) is 0 Å². The fourth-order valence-corrected chi connectivity index (χ4v) is 4.76. The summed E-state index contributed by atoms with van der Waals surface area (Å²) >= 11 is 10.8. The molecule has 0 bridgehead atoms. The predicted octanol–water partition coefficient (Wildman–Crippen LogP) is 3.13. The predicted molar refractivity (Wildman–Crippen MR) is 117 cm³/mol. The molecule has 32 heavy (non-hydrogen) atoms. The maximum atomic E-state index is 13.3. The smallest absolute Gasteiger partial charge is 0.404 e. The number of halogens is 2. The number of phosphoric ester groups is 1. The molecule has 0 saturated carbocycles. The lowest BCUT2D eigenvalue weighted by molar-refractivity contribution is -0.176. The van der Waals surface area contributed by atoms with Crippen LogP contribution in [0, 0.1) is 10.5 Å². The Labute approximate surface area is 195 Å². The topological polar surface area (TPSA) is 112 Å². The summed E-state index contributed by atoms with van der Waals surface area (Å²) in [6, 6.07) is 3.53. The Morgan fingerprint density at radius 1 is 1.44 bits per heavy atom. The average Bonchev–Trinajstić information content (AvgIpc) is 3.23. The highest BCUT2D eigenvalue weighted by Gasteiger charge is 2.48. The molecule has 2 aromatic rings. The molecule has 1 aromatic carbocycles. The maximum Gasteiger partial charge on any atom is 0.532 e. The standard InChI is InChI=1S/C16H14BClFN2O7PS.CH3B/c17-16(23,28-29(24)25-7-8-5-9(19)1-2-11(8)27-29)12-3-4-13(26-12)21-6-10(18)14(30)20-15(21)22;1-2/h1-2,5-6,12-13,23H,3-4,7H2,(H,20,22,30);1H3. The summed E-state index contributed by atoms with van der Waals surface area (Å²) in [5.74, 6) is -0.441. The van der Waals surface area contributed by atoms with Crippen molar-refractivity contribution in [2.75, 3.05) is 0 Å². The molecule has 4 unspecified atom stereocenters. The molecule has 0 aliphatic carbocycles. The number of aromatic nitrogens is 2. The van der Waals surface area contributed by atoms with E-state index in [0.29, 0.717) is 5.56 Å². The van der Waals surface area contributed by atoms with Crippen LogP contribution in [0.4, 0.5) is 4.39 Å². The number of benzene rings is 1. The molecule has 0 amide bonds. The number of hydrogen-bond acceptors (Lipinski definition) is 8. The summed E-state index contributed by atoms with van der Waals surface area (Å²) in [7, 11) is 5.96. The number of ether oxygens (including phenoxy) is 1. The molecule has 1 saturated heterocycles. The Kier molecular flexibility index (Phi) is 7.71. The van der Waals surface area contributed by atoms with Crippen LogP contribution < -0.4 is 10.2 Å². The van der Waals surface area contributed by atoms with Crippen LogP contribution in [-0.2, 0) is 25.0 Å². The zero-order valence-corrected chi connectivity index (χ0v) is 19.2. The second-order valence-electron chi connectivity index (χ2n) is 6.71. The minimum absolute atomic E-state index is 0.0766. The number of fused-ring (bicyclic) bond motifs is 1. The summed E-state index contributed by atoms with van der Waals surface area (Å²) < 4.78 is 48.3. The largest absolute Gasteiger partial charge is 0.532 e. The van der Waals surface area contributed by atoms with Gasteiger partial charge in [-0.25, -0.2) is 13.8 Å². The zero-order valence-electron chi connectivity index (χ0n) is 16.7. The summed E-state index contributed by atoms with van der Waals surface area (Å²) in [5.41, 5.74) is -2.82. The van der Waals surface area contributed by atoms with E-state index in [0.717, 1.165) is 16.7 Å². The van der Waals surface area contributed by atoms with Gasteiger partial charge in [-0.3, -0.25) is 18.6 Å². The maximum absolute atomic E-state index is 13.3. The van der Waals surface area contributed by atoms with Crippen LogP contribution in [0.1, 0.15) is 24.6 Å². The van der Waals surface area contributed by atoms with Crippen molar-refractivity contribution in [2.24, 2.45) is 0 Å². The average molecular weight is 500 g/mol. The number of phosphoric acid groups is 1. The normalized spacial score (nSPS) is 26.2. The van der Waals surface area contributed by atoms with E-state index in [4.69, 9.17) is 50.0 Å². The lowest BCUT2D eigenvalue weighted by atomic mass is 9.88. The molecule has 9 nitrogen and oxygen atoms in total.